The predicted molar refractivity (Wildman–Crippen MR) is 102 cm³/mol. The number of para-hydroxylation sites is 2. The van der Waals surface area contributed by atoms with Crippen LogP contribution in [0.2, 0.25) is 0 Å². The largest absolute Gasteiger partial charge is 0.342 e. The van der Waals surface area contributed by atoms with E-state index in [0.29, 0.717) is 12.6 Å². The van der Waals surface area contributed by atoms with Gasteiger partial charge in [0.25, 0.3) is 0 Å². The zero-order valence-electron chi connectivity index (χ0n) is 15.0. The summed E-state index contributed by atoms with van der Waals surface area (Å²) in [6.45, 7) is 5.78. The van der Waals surface area contributed by atoms with E-state index in [1.54, 1.807) is 0 Å². The summed E-state index contributed by atoms with van der Waals surface area (Å²) in [5, 5.41) is 3.68. The number of aromatic amines is 1. The van der Waals surface area contributed by atoms with Gasteiger partial charge < -0.3 is 16.0 Å². The number of aromatic nitrogens is 3. The van der Waals surface area contributed by atoms with Gasteiger partial charge in [0.15, 0.2) is 0 Å². The predicted octanol–water partition coefficient (Wildman–Crippen LogP) is 3.27. The maximum Gasteiger partial charge on any atom is 0.111 e. The normalized spacial score (nSPS) is 13.9. The molecule has 25 heavy (non-hydrogen) atoms. The summed E-state index contributed by atoms with van der Waals surface area (Å²) >= 11 is 0. The molecule has 2 unspecified atom stereocenters. The van der Waals surface area contributed by atoms with E-state index in [-0.39, 0.29) is 5.92 Å². The molecule has 0 spiro atoms. The molecular formula is C20H27N5. The second-order valence-electron chi connectivity index (χ2n) is 6.61. The van der Waals surface area contributed by atoms with Crippen LogP contribution in [0, 0.1) is 6.92 Å². The molecule has 2 aromatic heterocycles. The third-order valence-electron chi connectivity index (χ3n) is 4.81. The molecule has 0 aliphatic carbocycles. The quantitative estimate of drug-likeness (QED) is 0.589. The number of hydrogen-bond donors (Lipinski definition) is 3. The highest BCUT2D eigenvalue weighted by molar-refractivity contribution is 5.74. The molecule has 0 bridgehead atoms. The van der Waals surface area contributed by atoms with Crippen molar-refractivity contribution in [2.75, 3.05) is 6.54 Å². The Morgan fingerprint density at radius 2 is 2.04 bits per heavy atom. The number of pyridine rings is 1. The molecular weight excluding hydrogens is 310 g/mol. The Balaban J connectivity index is 1.75. The molecule has 5 nitrogen and oxygen atoms in total. The van der Waals surface area contributed by atoms with E-state index in [2.05, 4.69) is 41.3 Å². The Hall–Kier alpha value is -2.24. The SMILES string of the molecule is Cc1cccnc1CNC(CCCN)C(C)c1nc2ccccc2[nH]1. The highest BCUT2D eigenvalue weighted by atomic mass is 15.0. The molecule has 3 aromatic rings. The van der Waals surface area contributed by atoms with Crippen LogP contribution in [0.15, 0.2) is 42.6 Å². The first-order valence-corrected chi connectivity index (χ1v) is 8.97. The first kappa shape index (κ1) is 17.6. The lowest BCUT2D eigenvalue weighted by Crippen LogP contribution is -2.35. The van der Waals surface area contributed by atoms with Crippen LogP contribution in [0.3, 0.4) is 0 Å². The summed E-state index contributed by atoms with van der Waals surface area (Å²) < 4.78 is 0. The van der Waals surface area contributed by atoms with Crippen molar-refractivity contribution >= 4 is 11.0 Å². The highest BCUT2D eigenvalue weighted by Gasteiger charge is 2.21. The van der Waals surface area contributed by atoms with Gasteiger partial charge in [0.05, 0.1) is 16.7 Å². The van der Waals surface area contributed by atoms with Gasteiger partial charge in [-0.25, -0.2) is 4.98 Å². The summed E-state index contributed by atoms with van der Waals surface area (Å²) in [7, 11) is 0. The number of nitrogens with one attached hydrogen (secondary N) is 2. The lowest BCUT2D eigenvalue weighted by atomic mass is 9.96. The van der Waals surface area contributed by atoms with Gasteiger partial charge in [0.1, 0.15) is 5.82 Å². The fraction of sp³-hybridized carbons (Fsp3) is 0.400. The summed E-state index contributed by atoms with van der Waals surface area (Å²) in [5.41, 5.74) is 10.2. The van der Waals surface area contributed by atoms with Crippen LogP contribution in [-0.4, -0.2) is 27.5 Å². The number of imidazole rings is 1. The van der Waals surface area contributed by atoms with E-state index in [9.17, 15) is 0 Å². The second kappa shape index (κ2) is 8.23. The van der Waals surface area contributed by atoms with E-state index < -0.39 is 0 Å². The van der Waals surface area contributed by atoms with Crippen molar-refractivity contribution in [2.45, 2.75) is 45.2 Å². The molecule has 0 saturated heterocycles. The number of H-pyrrole nitrogens is 1. The first-order valence-electron chi connectivity index (χ1n) is 8.97. The van der Waals surface area contributed by atoms with Crippen LogP contribution >= 0.6 is 0 Å². The van der Waals surface area contributed by atoms with Gasteiger partial charge in [-0.05, 0) is 50.1 Å². The Labute approximate surface area is 149 Å². The van der Waals surface area contributed by atoms with Crippen LogP contribution in [-0.2, 0) is 6.54 Å². The van der Waals surface area contributed by atoms with E-state index >= 15 is 0 Å². The van der Waals surface area contributed by atoms with Crippen LogP contribution in [0.5, 0.6) is 0 Å². The Morgan fingerprint density at radius 1 is 1.20 bits per heavy atom. The van der Waals surface area contributed by atoms with Crippen molar-refractivity contribution in [3.63, 3.8) is 0 Å². The van der Waals surface area contributed by atoms with Crippen molar-refractivity contribution in [3.8, 4) is 0 Å². The summed E-state index contributed by atoms with van der Waals surface area (Å²) in [4.78, 5) is 12.7. The Morgan fingerprint density at radius 3 is 2.80 bits per heavy atom. The second-order valence-corrected chi connectivity index (χ2v) is 6.61. The van der Waals surface area contributed by atoms with Gasteiger partial charge in [-0.15, -0.1) is 0 Å². The number of nitrogens with zero attached hydrogens (tertiary/aromatic N) is 2. The number of benzene rings is 1. The molecule has 1 aromatic carbocycles. The maximum absolute atomic E-state index is 5.74. The molecule has 0 saturated carbocycles. The van der Waals surface area contributed by atoms with Gasteiger partial charge in [0.2, 0.25) is 0 Å². The smallest absolute Gasteiger partial charge is 0.111 e. The fourth-order valence-corrected chi connectivity index (χ4v) is 3.18. The molecule has 4 N–H and O–H groups in total. The average Bonchev–Trinajstić information content (AvgIpc) is 3.07. The van der Waals surface area contributed by atoms with Crippen molar-refractivity contribution < 1.29 is 0 Å². The minimum atomic E-state index is 0.267. The molecule has 132 valence electrons. The van der Waals surface area contributed by atoms with E-state index in [1.807, 2.05) is 30.5 Å². The third-order valence-corrected chi connectivity index (χ3v) is 4.81. The lowest BCUT2D eigenvalue weighted by molar-refractivity contribution is 0.403. The topological polar surface area (TPSA) is 79.6 Å². The summed E-state index contributed by atoms with van der Waals surface area (Å²) in [5.74, 6) is 1.29. The van der Waals surface area contributed by atoms with E-state index in [1.165, 1.54) is 5.56 Å². The fourth-order valence-electron chi connectivity index (χ4n) is 3.18. The van der Waals surface area contributed by atoms with Crippen molar-refractivity contribution in [1.82, 2.24) is 20.3 Å². The molecule has 0 radical (unpaired) electrons. The van der Waals surface area contributed by atoms with Crippen LogP contribution in [0.25, 0.3) is 11.0 Å². The molecule has 2 heterocycles. The first-order chi connectivity index (χ1) is 12.2. The van der Waals surface area contributed by atoms with Gasteiger partial charge in [-0.1, -0.05) is 25.1 Å². The van der Waals surface area contributed by atoms with Gasteiger partial charge in [-0.3, -0.25) is 4.98 Å². The monoisotopic (exact) mass is 337 g/mol. The molecule has 5 heteroatoms. The number of aryl methyl sites for hydroxylation is 1. The molecule has 0 aliphatic rings. The Bertz CT molecular complexity index is 777. The van der Waals surface area contributed by atoms with E-state index in [4.69, 9.17) is 10.7 Å². The molecule has 0 fully saturated rings. The third kappa shape index (κ3) is 4.24. The number of rotatable bonds is 8. The summed E-state index contributed by atoms with van der Waals surface area (Å²) in [6, 6.07) is 12.5. The zero-order valence-corrected chi connectivity index (χ0v) is 15.0. The zero-order chi connectivity index (χ0) is 17.6. The number of nitrogens with two attached hydrogens (primary N) is 1. The van der Waals surface area contributed by atoms with Crippen LogP contribution in [0.4, 0.5) is 0 Å². The van der Waals surface area contributed by atoms with Crippen molar-refractivity contribution in [2.24, 2.45) is 5.73 Å². The number of fused-ring (bicyclic) bond motifs is 1. The van der Waals surface area contributed by atoms with Crippen LogP contribution < -0.4 is 11.1 Å². The minimum Gasteiger partial charge on any atom is -0.342 e. The standard InChI is InChI=1S/C20H27N5/c1-14-7-6-12-22-19(14)13-23-16(10-5-11-21)15(2)20-24-17-8-3-4-9-18(17)25-20/h3-4,6-9,12,15-16,23H,5,10-11,13,21H2,1-2H3,(H,24,25). The van der Waals surface area contributed by atoms with Gasteiger partial charge in [-0.2, -0.15) is 0 Å². The molecule has 0 amide bonds. The Kier molecular flexibility index (Phi) is 5.79. The van der Waals surface area contributed by atoms with Crippen molar-refractivity contribution in [1.29, 1.82) is 0 Å². The number of hydrogen-bond acceptors (Lipinski definition) is 4. The molecule has 3 rings (SSSR count). The lowest BCUT2D eigenvalue weighted by Gasteiger charge is -2.24. The van der Waals surface area contributed by atoms with Crippen LogP contribution in [0.1, 0.15) is 42.8 Å². The minimum absolute atomic E-state index is 0.267. The average molecular weight is 337 g/mol. The van der Waals surface area contributed by atoms with Crippen molar-refractivity contribution in [3.05, 3.63) is 59.7 Å². The molecule has 0 aliphatic heterocycles. The van der Waals surface area contributed by atoms with Gasteiger partial charge >= 0.3 is 0 Å². The molecule has 2 atom stereocenters. The van der Waals surface area contributed by atoms with E-state index in [0.717, 1.165) is 41.9 Å². The maximum atomic E-state index is 5.74. The summed E-state index contributed by atoms with van der Waals surface area (Å²) in [6.07, 6.45) is 3.85. The van der Waals surface area contributed by atoms with Gasteiger partial charge in [0, 0.05) is 24.7 Å². The highest BCUT2D eigenvalue weighted by Crippen LogP contribution is 2.23.